The standard InChI is InChI=1S/C19H19BrN2O7S/c20-13-1-3-14(4-2-13)21-18(24)12-29-19(25)16-11-15(5-6-17(16)23)30(26,27)22-7-9-28-10-8-22/h1-6,11,23H,7-10,12H2,(H,21,24). The van der Waals surface area contributed by atoms with E-state index in [4.69, 9.17) is 9.47 Å². The van der Waals surface area contributed by atoms with Crippen LogP contribution >= 0.6 is 15.9 Å². The molecule has 0 spiro atoms. The van der Waals surface area contributed by atoms with Crippen molar-refractivity contribution < 1.29 is 32.6 Å². The van der Waals surface area contributed by atoms with Crippen LogP contribution in [-0.4, -0.2) is 62.6 Å². The average molecular weight is 499 g/mol. The Labute approximate surface area is 181 Å². The molecule has 2 N–H and O–H groups in total. The number of phenolic OH excluding ortho intramolecular Hbond substituents is 1. The molecule has 0 saturated carbocycles. The Balaban J connectivity index is 1.67. The Morgan fingerprint density at radius 1 is 1.13 bits per heavy atom. The second-order valence-corrected chi connectivity index (χ2v) is 9.18. The molecule has 0 aliphatic carbocycles. The highest BCUT2D eigenvalue weighted by Crippen LogP contribution is 2.25. The van der Waals surface area contributed by atoms with E-state index in [0.717, 1.165) is 16.6 Å². The first-order valence-electron chi connectivity index (χ1n) is 8.91. The third-order valence-electron chi connectivity index (χ3n) is 4.26. The molecule has 3 rings (SSSR count). The van der Waals surface area contributed by atoms with Crippen LogP contribution in [0.1, 0.15) is 10.4 Å². The minimum atomic E-state index is -3.86. The summed E-state index contributed by atoms with van der Waals surface area (Å²) in [5, 5.41) is 12.5. The minimum Gasteiger partial charge on any atom is -0.507 e. The van der Waals surface area contributed by atoms with Gasteiger partial charge in [-0.15, -0.1) is 0 Å². The predicted molar refractivity (Wildman–Crippen MR) is 111 cm³/mol. The molecule has 2 aromatic carbocycles. The van der Waals surface area contributed by atoms with Gasteiger partial charge in [-0.05, 0) is 42.5 Å². The lowest BCUT2D eigenvalue weighted by Crippen LogP contribution is -2.40. The number of esters is 1. The number of carbonyl (C=O) groups is 2. The van der Waals surface area contributed by atoms with Gasteiger partial charge in [0.2, 0.25) is 10.0 Å². The zero-order chi connectivity index (χ0) is 21.7. The summed E-state index contributed by atoms with van der Waals surface area (Å²) < 4.78 is 37.6. The quantitative estimate of drug-likeness (QED) is 0.583. The molecule has 0 aromatic heterocycles. The van der Waals surface area contributed by atoms with E-state index in [-0.39, 0.29) is 36.8 Å². The number of phenols is 1. The van der Waals surface area contributed by atoms with Crippen LogP contribution in [0.15, 0.2) is 51.8 Å². The number of nitrogens with zero attached hydrogens (tertiary/aromatic N) is 1. The van der Waals surface area contributed by atoms with Crippen molar-refractivity contribution in [2.75, 3.05) is 38.2 Å². The van der Waals surface area contributed by atoms with Crippen molar-refractivity contribution in [3.05, 3.63) is 52.5 Å². The number of carbonyl (C=O) groups excluding carboxylic acids is 2. The topological polar surface area (TPSA) is 122 Å². The Hall–Kier alpha value is -2.47. The maximum absolute atomic E-state index is 12.7. The molecular formula is C19H19BrN2O7S. The highest BCUT2D eigenvalue weighted by Gasteiger charge is 2.28. The first-order valence-corrected chi connectivity index (χ1v) is 11.1. The Bertz CT molecular complexity index is 1040. The second-order valence-electron chi connectivity index (χ2n) is 6.33. The third-order valence-corrected chi connectivity index (χ3v) is 6.68. The van der Waals surface area contributed by atoms with Gasteiger partial charge >= 0.3 is 5.97 Å². The Kier molecular flexibility index (Phi) is 7.08. The van der Waals surface area contributed by atoms with Gasteiger partial charge in [0, 0.05) is 23.2 Å². The summed E-state index contributed by atoms with van der Waals surface area (Å²) in [6, 6.07) is 10.1. The number of anilines is 1. The molecule has 30 heavy (non-hydrogen) atoms. The molecule has 1 saturated heterocycles. The summed E-state index contributed by atoms with van der Waals surface area (Å²) in [5.41, 5.74) is 0.168. The Morgan fingerprint density at radius 3 is 2.47 bits per heavy atom. The fraction of sp³-hybridized carbons (Fsp3) is 0.263. The Morgan fingerprint density at radius 2 is 1.80 bits per heavy atom. The maximum Gasteiger partial charge on any atom is 0.342 e. The molecule has 0 radical (unpaired) electrons. The van der Waals surface area contributed by atoms with Gasteiger partial charge in [0.05, 0.1) is 18.1 Å². The molecule has 1 heterocycles. The zero-order valence-corrected chi connectivity index (χ0v) is 18.1. The average Bonchev–Trinajstić information content (AvgIpc) is 2.74. The molecule has 2 aromatic rings. The predicted octanol–water partition coefficient (Wildman–Crippen LogP) is 1.97. The smallest absolute Gasteiger partial charge is 0.342 e. The number of hydrogen-bond donors (Lipinski definition) is 2. The third kappa shape index (κ3) is 5.36. The van der Waals surface area contributed by atoms with E-state index in [9.17, 15) is 23.1 Å². The van der Waals surface area contributed by atoms with E-state index >= 15 is 0 Å². The van der Waals surface area contributed by atoms with Crippen molar-refractivity contribution in [2.45, 2.75) is 4.90 Å². The number of rotatable bonds is 6. The van der Waals surface area contributed by atoms with Gasteiger partial charge in [0.1, 0.15) is 11.3 Å². The molecule has 1 aliphatic heterocycles. The highest BCUT2D eigenvalue weighted by atomic mass is 79.9. The number of hydrogen-bond acceptors (Lipinski definition) is 7. The van der Waals surface area contributed by atoms with Gasteiger partial charge in [-0.2, -0.15) is 4.31 Å². The van der Waals surface area contributed by atoms with E-state index in [0.29, 0.717) is 5.69 Å². The van der Waals surface area contributed by atoms with Gasteiger partial charge in [0.25, 0.3) is 5.91 Å². The molecular weight excluding hydrogens is 480 g/mol. The number of benzene rings is 2. The number of morpholine rings is 1. The first-order chi connectivity index (χ1) is 14.3. The van der Waals surface area contributed by atoms with Gasteiger partial charge < -0.3 is 19.9 Å². The summed E-state index contributed by atoms with van der Waals surface area (Å²) >= 11 is 3.28. The summed E-state index contributed by atoms with van der Waals surface area (Å²) in [4.78, 5) is 24.1. The van der Waals surface area contributed by atoms with E-state index < -0.39 is 34.3 Å². The number of amides is 1. The monoisotopic (exact) mass is 498 g/mol. The number of halogens is 1. The van der Waals surface area contributed by atoms with Crippen LogP contribution in [-0.2, 0) is 24.3 Å². The molecule has 11 heteroatoms. The molecule has 1 amide bonds. The van der Waals surface area contributed by atoms with E-state index in [1.807, 2.05) is 0 Å². The van der Waals surface area contributed by atoms with Gasteiger partial charge in [-0.3, -0.25) is 4.79 Å². The van der Waals surface area contributed by atoms with E-state index in [2.05, 4.69) is 21.2 Å². The number of aromatic hydroxyl groups is 1. The highest BCUT2D eigenvalue weighted by molar-refractivity contribution is 9.10. The van der Waals surface area contributed by atoms with Crippen molar-refractivity contribution in [2.24, 2.45) is 0 Å². The lowest BCUT2D eigenvalue weighted by Gasteiger charge is -2.26. The van der Waals surface area contributed by atoms with Gasteiger partial charge in [-0.25, -0.2) is 13.2 Å². The van der Waals surface area contributed by atoms with Crippen molar-refractivity contribution in [1.82, 2.24) is 4.31 Å². The van der Waals surface area contributed by atoms with Crippen molar-refractivity contribution in [3.63, 3.8) is 0 Å². The molecule has 0 atom stereocenters. The maximum atomic E-state index is 12.7. The molecule has 1 aliphatic rings. The number of nitrogens with one attached hydrogen (secondary N) is 1. The summed E-state index contributed by atoms with van der Waals surface area (Å²) in [6.07, 6.45) is 0. The summed E-state index contributed by atoms with van der Waals surface area (Å²) in [7, 11) is -3.86. The largest absolute Gasteiger partial charge is 0.507 e. The SMILES string of the molecule is O=C(COC(=O)c1cc(S(=O)(=O)N2CCOCC2)ccc1O)Nc1ccc(Br)cc1. The second kappa shape index (κ2) is 9.56. The van der Waals surface area contributed by atoms with Crippen LogP contribution in [0.4, 0.5) is 5.69 Å². The van der Waals surface area contributed by atoms with Gasteiger partial charge in [-0.1, -0.05) is 15.9 Å². The summed E-state index contributed by atoms with van der Waals surface area (Å²) in [5.74, 6) is -2.05. The minimum absolute atomic E-state index is 0.159. The number of sulfonamides is 1. The van der Waals surface area contributed by atoms with E-state index in [1.54, 1.807) is 24.3 Å². The first kappa shape index (κ1) is 22.2. The molecule has 1 fully saturated rings. The molecule has 0 unspecified atom stereocenters. The molecule has 0 bridgehead atoms. The molecule has 160 valence electrons. The number of ether oxygens (including phenoxy) is 2. The van der Waals surface area contributed by atoms with Crippen LogP contribution in [0.5, 0.6) is 5.75 Å². The molecule has 9 nitrogen and oxygen atoms in total. The zero-order valence-electron chi connectivity index (χ0n) is 15.7. The van der Waals surface area contributed by atoms with Crippen molar-refractivity contribution in [3.8, 4) is 5.75 Å². The van der Waals surface area contributed by atoms with Crippen LogP contribution in [0.25, 0.3) is 0 Å². The van der Waals surface area contributed by atoms with Crippen molar-refractivity contribution >= 4 is 43.5 Å². The van der Waals surface area contributed by atoms with Crippen molar-refractivity contribution in [1.29, 1.82) is 0 Å². The van der Waals surface area contributed by atoms with Crippen LogP contribution < -0.4 is 5.32 Å². The van der Waals surface area contributed by atoms with Crippen LogP contribution in [0.3, 0.4) is 0 Å². The fourth-order valence-corrected chi connectivity index (χ4v) is 4.41. The normalized spacial score (nSPS) is 14.8. The lowest BCUT2D eigenvalue weighted by molar-refractivity contribution is -0.119. The summed E-state index contributed by atoms with van der Waals surface area (Å²) in [6.45, 7) is 0.340. The fourth-order valence-electron chi connectivity index (χ4n) is 2.71. The van der Waals surface area contributed by atoms with Crippen LogP contribution in [0, 0.1) is 0 Å². The van der Waals surface area contributed by atoms with Crippen LogP contribution in [0.2, 0.25) is 0 Å². The van der Waals surface area contributed by atoms with Gasteiger partial charge in [0.15, 0.2) is 6.61 Å². The lowest BCUT2D eigenvalue weighted by atomic mass is 10.2. The van der Waals surface area contributed by atoms with E-state index in [1.165, 1.54) is 10.4 Å².